The minimum absolute atomic E-state index is 0.0162. The van der Waals surface area contributed by atoms with Gasteiger partial charge >= 0.3 is 11.9 Å². The smallest absolute Gasteiger partial charge is 0.333 e. The normalized spacial score (nSPS) is 29.2. The Balaban J connectivity index is 2.25. The molecule has 0 aromatic rings. The quantitative estimate of drug-likeness (QED) is 0.587. The van der Waals surface area contributed by atoms with Crippen molar-refractivity contribution in [2.75, 3.05) is 13.2 Å². The van der Waals surface area contributed by atoms with Gasteiger partial charge in [0.05, 0.1) is 18.6 Å². The molecule has 1 spiro atoms. The van der Waals surface area contributed by atoms with Gasteiger partial charge in [-0.15, -0.1) is 0 Å². The fourth-order valence-electron chi connectivity index (χ4n) is 3.39. The fraction of sp³-hybridized carbons (Fsp3) is 0.750. The molecular formula is C16H24O4. The van der Waals surface area contributed by atoms with Gasteiger partial charge in [-0.05, 0) is 58.8 Å². The molecular weight excluding hydrogens is 256 g/mol. The lowest BCUT2D eigenvalue weighted by Crippen LogP contribution is -2.34. The maximum Gasteiger partial charge on any atom is 0.333 e. The second-order valence-corrected chi connectivity index (χ2v) is 6.14. The van der Waals surface area contributed by atoms with Crippen molar-refractivity contribution in [3.8, 4) is 0 Å². The van der Waals surface area contributed by atoms with Crippen LogP contribution in [0.2, 0.25) is 0 Å². The molecule has 0 saturated heterocycles. The topological polar surface area (TPSA) is 52.6 Å². The van der Waals surface area contributed by atoms with Gasteiger partial charge in [0.15, 0.2) is 0 Å². The fourth-order valence-corrected chi connectivity index (χ4v) is 3.39. The Morgan fingerprint density at radius 2 is 1.70 bits per heavy atom. The summed E-state index contributed by atoms with van der Waals surface area (Å²) in [6, 6.07) is 0. The molecule has 0 aromatic heterocycles. The summed E-state index contributed by atoms with van der Waals surface area (Å²) in [6.45, 7) is 8.21. The third-order valence-corrected chi connectivity index (χ3v) is 4.98. The molecule has 0 aliphatic heterocycles. The molecule has 112 valence electrons. The van der Waals surface area contributed by atoms with Crippen molar-refractivity contribution >= 4 is 11.9 Å². The molecule has 0 aromatic carbocycles. The lowest BCUT2D eigenvalue weighted by molar-refractivity contribution is -0.157. The van der Waals surface area contributed by atoms with Crippen LogP contribution < -0.4 is 0 Å². The lowest BCUT2D eigenvalue weighted by Gasteiger charge is -2.28. The summed E-state index contributed by atoms with van der Waals surface area (Å²) in [5.74, 6) is -0.379. The van der Waals surface area contributed by atoms with E-state index in [0.717, 1.165) is 24.8 Å². The van der Waals surface area contributed by atoms with Crippen LogP contribution in [0.4, 0.5) is 0 Å². The zero-order valence-corrected chi connectivity index (χ0v) is 12.9. The van der Waals surface area contributed by atoms with Gasteiger partial charge in [-0.3, -0.25) is 4.79 Å². The van der Waals surface area contributed by atoms with Crippen molar-refractivity contribution in [1.82, 2.24) is 0 Å². The molecule has 0 radical (unpaired) electrons. The van der Waals surface area contributed by atoms with Crippen LogP contribution in [0.5, 0.6) is 0 Å². The third kappa shape index (κ3) is 2.25. The number of hydrogen-bond donors (Lipinski definition) is 0. The monoisotopic (exact) mass is 280 g/mol. The average Bonchev–Trinajstić information content (AvgIpc) is 3.11. The molecule has 2 fully saturated rings. The van der Waals surface area contributed by atoms with Gasteiger partial charge in [0, 0.05) is 5.57 Å². The number of esters is 2. The van der Waals surface area contributed by atoms with Crippen LogP contribution in [-0.4, -0.2) is 25.2 Å². The van der Waals surface area contributed by atoms with Crippen LogP contribution in [0.25, 0.3) is 0 Å². The molecule has 2 aliphatic rings. The Labute approximate surface area is 120 Å². The highest BCUT2D eigenvalue weighted by molar-refractivity contribution is 5.89. The zero-order chi connectivity index (χ0) is 15.0. The van der Waals surface area contributed by atoms with Gasteiger partial charge in [-0.1, -0.05) is 5.57 Å². The van der Waals surface area contributed by atoms with Gasteiger partial charge in [0.25, 0.3) is 0 Å². The minimum atomic E-state index is -0.480. The van der Waals surface area contributed by atoms with Gasteiger partial charge in [0.1, 0.15) is 0 Å². The van der Waals surface area contributed by atoms with Crippen LogP contribution in [0.15, 0.2) is 11.1 Å². The van der Waals surface area contributed by atoms with E-state index < -0.39 is 5.41 Å². The summed E-state index contributed by atoms with van der Waals surface area (Å²) in [4.78, 5) is 24.2. The lowest BCUT2D eigenvalue weighted by atomic mass is 9.77. The molecule has 2 aliphatic carbocycles. The van der Waals surface area contributed by atoms with Crippen LogP contribution in [-0.2, 0) is 19.1 Å². The maximum atomic E-state index is 12.3. The van der Waals surface area contributed by atoms with Crippen molar-refractivity contribution in [3.63, 3.8) is 0 Å². The summed E-state index contributed by atoms with van der Waals surface area (Å²) < 4.78 is 10.3. The van der Waals surface area contributed by atoms with Gasteiger partial charge in [-0.25, -0.2) is 4.79 Å². The molecule has 1 atom stereocenters. The van der Waals surface area contributed by atoms with E-state index in [-0.39, 0.29) is 17.4 Å². The first-order valence-corrected chi connectivity index (χ1v) is 7.43. The number of rotatable bonds is 4. The van der Waals surface area contributed by atoms with E-state index >= 15 is 0 Å². The van der Waals surface area contributed by atoms with Crippen LogP contribution in [0, 0.1) is 10.8 Å². The Morgan fingerprint density at radius 1 is 1.10 bits per heavy atom. The second kappa shape index (κ2) is 5.23. The summed E-state index contributed by atoms with van der Waals surface area (Å²) in [5.41, 5.74) is 1.27. The first-order valence-electron chi connectivity index (χ1n) is 7.43. The van der Waals surface area contributed by atoms with E-state index in [4.69, 9.17) is 9.47 Å². The molecule has 1 unspecified atom stereocenters. The first-order chi connectivity index (χ1) is 9.40. The van der Waals surface area contributed by atoms with Crippen LogP contribution >= 0.6 is 0 Å². The molecule has 2 saturated carbocycles. The van der Waals surface area contributed by atoms with E-state index in [1.807, 2.05) is 13.8 Å². The van der Waals surface area contributed by atoms with E-state index in [9.17, 15) is 9.59 Å². The number of ether oxygens (including phenoxy) is 2. The van der Waals surface area contributed by atoms with Gasteiger partial charge in [0.2, 0.25) is 0 Å². The molecule has 0 amide bonds. The van der Waals surface area contributed by atoms with Gasteiger partial charge in [-0.2, -0.15) is 0 Å². The largest absolute Gasteiger partial charge is 0.466 e. The summed E-state index contributed by atoms with van der Waals surface area (Å²) in [7, 11) is 0. The number of carbonyl (C=O) groups is 2. The molecule has 0 bridgehead atoms. The predicted octanol–water partition coefficient (Wildman–Crippen LogP) is 3.01. The minimum Gasteiger partial charge on any atom is -0.466 e. The molecule has 0 N–H and O–H groups in total. The average molecular weight is 280 g/mol. The van der Waals surface area contributed by atoms with E-state index in [1.165, 1.54) is 0 Å². The van der Waals surface area contributed by atoms with E-state index in [0.29, 0.717) is 25.2 Å². The zero-order valence-electron chi connectivity index (χ0n) is 12.9. The molecule has 2 rings (SSSR count). The maximum absolute atomic E-state index is 12.3. The summed E-state index contributed by atoms with van der Waals surface area (Å²) in [5, 5.41) is 0. The second-order valence-electron chi connectivity index (χ2n) is 6.14. The van der Waals surface area contributed by atoms with Crippen LogP contribution in [0.1, 0.15) is 53.4 Å². The summed E-state index contributed by atoms with van der Waals surface area (Å²) >= 11 is 0. The number of hydrogen-bond acceptors (Lipinski definition) is 4. The van der Waals surface area contributed by atoms with E-state index in [1.54, 1.807) is 13.8 Å². The highest BCUT2D eigenvalue weighted by Crippen LogP contribution is 2.69. The SMILES string of the molecule is CCOC(=O)/C(C)=C1\CC2(CC2)C(C)(C(=O)OCC)C1. The summed E-state index contributed by atoms with van der Waals surface area (Å²) in [6.07, 6.45) is 3.54. The van der Waals surface area contributed by atoms with Crippen molar-refractivity contribution < 1.29 is 19.1 Å². The van der Waals surface area contributed by atoms with Crippen molar-refractivity contribution in [1.29, 1.82) is 0 Å². The highest BCUT2D eigenvalue weighted by Gasteiger charge is 2.65. The molecule has 20 heavy (non-hydrogen) atoms. The number of carbonyl (C=O) groups excluding carboxylic acids is 2. The third-order valence-electron chi connectivity index (χ3n) is 4.98. The molecule has 4 nitrogen and oxygen atoms in total. The Bertz CT molecular complexity index is 459. The van der Waals surface area contributed by atoms with Crippen LogP contribution in [0.3, 0.4) is 0 Å². The number of allylic oxidation sites excluding steroid dienone is 1. The Kier molecular flexibility index (Phi) is 3.94. The predicted molar refractivity (Wildman–Crippen MR) is 75.0 cm³/mol. The van der Waals surface area contributed by atoms with Crippen molar-refractivity contribution in [3.05, 3.63) is 11.1 Å². The molecule has 0 heterocycles. The van der Waals surface area contributed by atoms with Crippen molar-refractivity contribution in [2.24, 2.45) is 10.8 Å². The Hall–Kier alpha value is -1.32. The van der Waals surface area contributed by atoms with Gasteiger partial charge < -0.3 is 9.47 Å². The standard InChI is InChI=1S/C16H24O4/c1-5-19-13(17)11(3)12-9-15(4,14(18)20-6-2)16(10-12)7-8-16/h5-10H2,1-4H3/b12-11-. The molecule has 4 heteroatoms. The van der Waals surface area contributed by atoms with Crippen molar-refractivity contribution in [2.45, 2.75) is 53.4 Å². The van der Waals surface area contributed by atoms with E-state index in [2.05, 4.69) is 0 Å². The first kappa shape index (κ1) is 15.1. The Morgan fingerprint density at radius 3 is 2.20 bits per heavy atom. The highest BCUT2D eigenvalue weighted by atomic mass is 16.5.